The summed E-state index contributed by atoms with van der Waals surface area (Å²) in [5.41, 5.74) is 0.923. The van der Waals surface area contributed by atoms with E-state index in [0.717, 1.165) is 0 Å². The van der Waals surface area contributed by atoms with Gasteiger partial charge in [0.25, 0.3) is 15.9 Å². The Morgan fingerprint density at radius 3 is 2.50 bits per heavy atom. The summed E-state index contributed by atoms with van der Waals surface area (Å²) in [6, 6.07) is 15.3. The lowest BCUT2D eigenvalue weighted by Gasteiger charge is -2.11. The molecule has 0 aliphatic rings. The first-order valence-electron chi connectivity index (χ1n) is 8.08. The third kappa shape index (κ3) is 4.59. The Morgan fingerprint density at radius 2 is 1.79 bits per heavy atom. The predicted molar refractivity (Wildman–Crippen MR) is 107 cm³/mol. The monoisotopic (exact) mass is 417 g/mol. The summed E-state index contributed by atoms with van der Waals surface area (Å²) in [4.78, 5) is 16.4. The Labute approximate surface area is 167 Å². The molecule has 0 fully saturated rings. The van der Waals surface area contributed by atoms with Crippen LogP contribution >= 0.6 is 11.6 Å². The lowest BCUT2D eigenvalue weighted by atomic mass is 10.2. The van der Waals surface area contributed by atoms with Crippen LogP contribution in [-0.4, -0.2) is 26.4 Å². The second-order valence-electron chi connectivity index (χ2n) is 5.65. The van der Waals surface area contributed by atoms with Crippen LogP contribution in [0.2, 0.25) is 5.02 Å². The van der Waals surface area contributed by atoms with Gasteiger partial charge < -0.3 is 10.1 Å². The number of halogens is 1. The first-order valence-corrected chi connectivity index (χ1v) is 9.94. The minimum Gasteiger partial charge on any atom is -0.480 e. The molecule has 3 aromatic rings. The van der Waals surface area contributed by atoms with Crippen LogP contribution < -0.4 is 14.8 Å². The highest BCUT2D eigenvalue weighted by Gasteiger charge is 2.17. The molecule has 0 unspecified atom stereocenters. The van der Waals surface area contributed by atoms with Crippen LogP contribution in [0.15, 0.2) is 71.8 Å². The highest BCUT2D eigenvalue weighted by molar-refractivity contribution is 7.92. The highest BCUT2D eigenvalue weighted by Crippen LogP contribution is 2.22. The SMILES string of the molecule is COc1ncccc1C(=O)Nc1cccc(S(=O)(=O)Nc2ccc(Cl)cc2)c1. The topological polar surface area (TPSA) is 97.4 Å². The minimum absolute atomic E-state index is 0.00148. The molecule has 1 heterocycles. The zero-order chi connectivity index (χ0) is 20.1. The molecular formula is C19H16ClN3O4S. The zero-order valence-corrected chi connectivity index (χ0v) is 16.3. The van der Waals surface area contributed by atoms with Gasteiger partial charge in [0.2, 0.25) is 5.88 Å². The number of ether oxygens (including phenoxy) is 1. The van der Waals surface area contributed by atoms with Gasteiger partial charge >= 0.3 is 0 Å². The molecule has 0 atom stereocenters. The van der Waals surface area contributed by atoms with Crippen molar-refractivity contribution in [3.05, 3.63) is 77.4 Å². The number of pyridine rings is 1. The number of carbonyl (C=O) groups excluding carboxylic acids is 1. The van der Waals surface area contributed by atoms with E-state index >= 15 is 0 Å². The van der Waals surface area contributed by atoms with Crippen LogP contribution in [-0.2, 0) is 10.0 Å². The van der Waals surface area contributed by atoms with Crippen molar-refractivity contribution in [3.8, 4) is 5.88 Å². The quantitative estimate of drug-likeness (QED) is 0.635. The van der Waals surface area contributed by atoms with Crippen molar-refractivity contribution in [2.24, 2.45) is 0 Å². The van der Waals surface area contributed by atoms with E-state index in [1.54, 1.807) is 42.5 Å². The average molecular weight is 418 g/mol. The average Bonchev–Trinajstić information content (AvgIpc) is 2.69. The van der Waals surface area contributed by atoms with Crippen molar-refractivity contribution in [1.82, 2.24) is 4.98 Å². The van der Waals surface area contributed by atoms with Gasteiger partial charge in [-0.05, 0) is 54.6 Å². The summed E-state index contributed by atoms with van der Waals surface area (Å²) in [6.45, 7) is 0. The van der Waals surface area contributed by atoms with Gasteiger partial charge in [-0.3, -0.25) is 9.52 Å². The van der Waals surface area contributed by atoms with Crippen molar-refractivity contribution >= 4 is 38.9 Å². The molecule has 0 bridgehead atoms. The molecule has 0 saturated heterocycles. The van der Waals surface area contributed by atoms with E-state index in [4.69, 9.17) is 16.3 Å². The van der Waals surface area contributed by atoms with Gasteiger partial charge in [-0.25, -0.2) is 13.4 Å². The van der Waals surface area contributed by atoms with Crippen molar-refractivity contribution in [2.75, 3.05) is 17.1 Å². The molecule has 7 nitrogen and oxygen atoms in total. The number of aromatic nitrogens is 1. The van der Waals surface area contributed by atoms with Crippen LogP contribution in [0.3, 0.4) is 0 Å². The molecule has 2 aromatic carbocycles. The van der Waals surface area contributed by atoms with Gasteiger partial charge in [-0.1, -0.05) is 17.7 Å². The lowest BCUT2D eigenvalue weighted by molar-refractivity contribution is 0.102. The molecule has 144 valence electrons. The number of benzene rings is 2. The zero-order valence-electron chi connectivity index (χ0n) is 14.7. The minimum atomic E-state index is -3.84. The summed E-state index contributed by atoms with van der Waals surface area (Å²) in [5.74, 6) is -0.293. The van der Waals surface area contributed by atoms with Crippen LogP contribution in [0.5, 0.6) is 5.88 Å². The Morgan fingerprint density at radius 1 is 1.04 bits per heavy atom. The maximum atomic E-state index is 12.6. The Balaban J connectivity index is 1.81. The van der Waals surface area contributed by atoms with Crippen molar-refractivity contribution in [1.29, 1.82) is 0 Å². The van der Waals surface area contributed by atoms with Gasteiger partial charge in [-0.15, -0.1) is 0 Å². The molecule has 0 radical (unpaired) electrons. The highest BCUT2D eigenvalue weighted by atomic mass is 35.5. The van der Waals surface area contributed by atoms with Gasteiger partial charge in [0.05, 0.1) is 12.0 Å². The second-order valence-corrected chi connectivity index (χ2v) is 7.77. The number of methoxy groups -OCH3 is 1. The Bertz CT molecular complexity index is 1100. The first-order chi connectivity index (χ1) is 13.4. The van der Waals surface area contributed by atoms with Gasteiger partial charge in [0, 0.05) is 22.6 Å². The van der Waals surface area contributed by atoms with Crippen molar-refractivity contribution < 1.29 is 17.9 Å². The first kappa shape index (κ1) is 19.7. The molecule has 0 aliphatic heterocycles. The molecule has 1 amide bonds. The van der Waals surface area contributed by atoms with Crippen molar-refractivity contribution in [2.45, 2.75) is 4.90 Å². The predicted octanol–water partition coefficient (Wildman–Crippen LogP) is 3.80. The van der Waals surface area contributed by atoms with E-state index in [0.29, 0.717) is 16.4 Å². The van der Waals surface area contributed by atoms with Gasteiger partial charge in [0.15, 0.2) is 0 Å². The fourth-order valence-corrected chi connectivity index (χ4v) is 3.63. The molecule has 9 heteroatoms. The molecule has 2 N–H and O–H groups in total. The van der Waals surface area contributed by atoms with E-state index in [1.807, 2.05) is 0 Å². The normalized spacial score (nSPS) is 10.9. The Kier molecular flexibility index (Phi) is 5.81. The number of hydrogen-bond donors (Lipinski definition) is 2. The molecule has 1 aromatic heterocycles. The smallest absolute Gasteiger partial charge is 0.261 e. The molecular weight excluding hydrogens is 402 g/mol. The third-order valence-corrected chi connectivity index (χ3v) is 5.34. The van der Waals surface area contributed by atoms with E-state index in [9.17, 15) is 13.2 Å². The molecule has 0 spiro atoms. The summed E-state index contributed by atoms with van der Waals surface area (Å²) in [6.07, 6.45) is 1.51. The van der Waals surface area contributed by atoms with Crippen LogP contribution in [0.25, 0.3) is 0 Å². The second kappa shape index (κ2) is 8.28. The van der Waals surface area contributed by atoms with E-state index in [2.05, 4.69) is 15.0 Å². The van der Waals surface area contributed by atoms with Gasteiger partial charge in [0.1, 0.15) is 5.56 Å². The number of carbonyl (C=O) groups is 1. The molecule has 3 rings (SSSR count). The summed E-state index contributed by atoms with van der Waals surface area (Å²) in [5, 5.41) is 3.15. The van der Waals surface area contributed by atoms with E-state index < -0.39 is 15.9 Å². The molecule has 0 aliphatic carbocycles. The lowest BCUT2D eigenvalue weighted by Crippen LogP contribution is -2.16. The molecule has 0 saturated carbocycles. The van der Waals surface area contributed by atoms with E-state index in [1.165, 1.54) is 31.5 Å². The number of hydrogen-bond acceptors (Lipinski definition) is 5. The summed E-state index contributed by atoms with van der Waals surface area (Å²) in [7, 11) is -2.43. The molecule has 28 heavy (non-hydrogen) atoms. The van der Waals surface area contributed by atoms with Crippen LogP contribution in [0, 0.1) is 0 Å². The number of rotatable bonds is 6. The number of amides is 1. The maximum absolute atomic E-state index is 12.6. The largest absolute Gasteiger partial charge is 0.480 e. The number of nitrogens with zero attached hydrogens (tertiary/aromatic N) is 1. The fourth-order valence-electron chi connectivity index (χ4n) is 2.40. The maximum Gasteiger partial charge on any atom is 0.261 e. The fraction of sp³-hybridized carbons (Fsp3) is 0.0526. The third-order valence-electron chi connectivity index (χ3n) is 3.71. The summed E-state index contributed by atoms with van der Waals surface area (Å²) < 4.78 is 32.7. The van der Waals surface area contributed by atoms with Crippen LogP contribution in [0.4, 0.5) is 11.4 Å². The standard InChI is InChI=1S/C19H16ClN3O4S/c1-27-19-17(6-3-11-21-19)18(24)22-15-4-2-5-16(12-15)28(25,26)23-14-9-7-13(20)8-10-14/h2-12,23H,1H3,(H,22,24). The Hall–Kier alpha value is -3.10. The number of sulfonamides is 1. The van der Waals surface area contributed by atoms with E-state index in [-0.39, 0.29) is 16.3 Å². The van der Waals surface area contributed by atoms with Crippen LogP contribution in [0.1, 0.15) is 10.4 Å². The number of anilines is 2. The van der Waals surface area contributed by atoms with Gasteiger partial charge in [-0.2, -0.15) is 0 Å². The number of nitrogens with one attached hydrogen (secondary N) is 2. The summed E-state index contributed by atoms with van der Waals surface area (Å²) >= 11 is 5.81. The van der Waals surface area contributed by atoms with Crippen molar-refractivity contribution in [3.63, 3.8) is 0 Å².